The Morgan fingerprint density at radius 2 is 1.74 bits per heavy atom. The van der Waals surface area contributed by atoms with Crippen LogP contribution >= 0.6 is 0 Å². The van der Waals surface area contributed by atoms with Gasteiger partial charge in [0.15, 0.2) is 11.5 Å². The summed E-state index contributed by atoms with van der Waals surface area (Å²) in [5, 5.41) is 19.0. The van der Waals surface area contributed by atoms with Crippen molar-refractivity contribution in [3.05, 3.63) is 46.8 Å². The van der Waals surface area contributed by atoms with Crippen molar-refractivity contribution >= 4 is 23.1 Å². The first-order valence-electron chi connectivity index (χ1n) is 8.99. The van der Waals surface area contributed by atoms with Crippen molar-refractivity contribution in [3.63, 3.8) is 0 Å². The molecule has 1 aromatic carbocycles. The maximum Gasteiger partial charge on any atom is 0.243 e. The third-order valence-corrected chi connectivity index (χ3v) is 4.31. The van der Waals surface area contributed by atoms with E-state index in [2.05, 4.69) is 58.8 Å². The number of amides is 1. The molecule has 1 amide bonds. The van der Waals surface area contributed by atoms with Gasteiger partial charge in [-0.25, -0.2) is 0 Å². The third-order valence-electron chi connectivity index (χ3n) is 4.31. The van der Waals surface area contributed by atoms with Gasteiger partial charge in [-0.15, -0.1) is 15.3 Å². The second-order valence-corrected chi connectivity index (χ2v) is 7.94. The first kappa shape index (κ1) is 18.8. The number of aryl methyl sites for hydroxylation is 3. The summed E-state index contributed by atoms with van der Waals surface area (Å²) in [6.07, 6.45) is 0. The molecule has 2 heterocycles. The smallest absolute Gasteiger partial charge is 0.243 e. The molecule has 0 fully saturated rings. The fraction of sp³-hybridized carbons (Fsp3) is 0.400. The number of hydrogen-bond acceptors (Lipinski definition) is 5. The van der Waals surface area contributed by atoms with Crippen LogP contribution < -0.4 is 10.6 Å². The van der Waals surface area contributed by atoms with Crippen molar-refractivity contribution in [2.24, 2.45) is 0 Å². The summed E-state index contributed by atoms with van der Waals surface area (Å²) in [6, 6.07) is 7.76. The van der Waals surface area contributed by atoms with Crippen LogP contribution in [0.15, 0.2) is 24.3 Å². The van der Waals surface area contributed by atoms with Crippen LogP contribution in [0.25, 0.3) is 5.65 Å². The van der Waals surface area contributed by atoms with Gasteiger partial charge >= 0.3 is 0 Å². The zero-order chi connectivity index (χ0) is 19.8. The van der Waals surface area contributed by atoms with Crippen LogP contribution in [0.3, 0.4) is 0 Å². The first-order valence-corrected chi connectivity index (χ1v) is 8.99. The molecule has 0 saturated heterocycles. The van der Waals surface area contributed by atoms with E-state index >= 15 is 0 Å². The van der Waals surface area contributed by atoms with Gasteiger partial charge in [-0.2, -0.15) is 4.52 Å². The van der Waals surface area contributed by atoms with E-state index in [1.807, 2.05) is 26.8 Å². The summed E-state index contributed by atoms with van der Waals surface area (Å²) < 4.78 is 1.72. The Bertz CT molecular complexity index is 976. The molecule has 3 rings (SSSR count). The molecule has 0 bridgehead atoms. The third kappa shape index (κ3) is 4.07. The molecule has 0 aliphatic rings. The van der Waals surface area contributed by atoms with Gasteiger partial charge in [-0.1, -0.05) is 38.5 Å². The normalized spacial score (nSPS) is 11.6. The molecule has 3 aromatic rings. The highest BCUT2D eigenvalue weighted by Crippen LogP contribution is 2.22. The summed E-state index contributed by atoms with van der Waals surface area (Å²) in [6.45, 7) is 12.3. The molecule has 7 heteroatoms. The highest BCUT2D eigenvalue weighted by Gasteiger charge is 2.21. The van der Waals surface area contributed by atoms with E-state index in [-0.39, 0.29) is 17.9 Å². The molecule has 0 saturated carbocycles. The topological polar surface area (TPSA) is 84.2 Å². The van der Waals surface area contributed by atoms with E-state index in [0.717, 1.165) is 22.6 Å². The van der Waals surface area contributed by atoms with Gasteiger partial charge < -0.3 is 10.6 Å². The lowest BCUT2D eigenvalue weighted by Crippen LogP contribution is -2.23. The van der Waals surface area contributed by atoms with Crippen molar-refractivity contribution in [3.8, 4) is 0 Å². The Morgan fingerprint density at radius 3 is 2.37 bits per heavy atom. The quantitative estimate of drug-likeness (QED) is 0.739. The van der Waals surface area contributed by atoms with Crippen molar-refractivity contribution in [2.45, 2.75) is 47.0 Å². The van der Waals surface area contributed by atoms with E-state index in [1.165, 1.54) is 5.56 Å². The molecule has 142 valence electrons. The predicted octanol–water partition coefficient (Wildman–Crippen LogP) is 3.40. The van der Waals surface area contributed by atoms with Crippen LogP contribution in [-0.2, 0) is 10.2 Å². The maximum absolute atomic E-state index is 12.4. The van der Waals surface area contributed by atoms with Crippen LogP contribution in [0.1, 0.15) is 43.3 Å². The monoisotopic (exact) mass is 366 g/mol. The van der Waals surface area contributed by atoms with Crippen LogP contribution in [-0.4, -0.2) is 32.3 Å². The highest BCUT2D eigenvalue weighted by atomic mass is 16.1. The number of fused-ring (bicyclic) bond motifs is 1. The largest absolute Gasteiger partial charge is 0.360 e. The maximum atomic E-state index is 12.4. The Morgan fingerprint density at radius 1 is 1.07 bits per heavy atom. The SMILES string of the molecule is Cc1cc(C)c(NC(=O)CNc2ccc3nnc(C(C)(C)C)n3n2)c(C)c1. The van der Waals surface area contributed by atoms with Crippen molar-refractivity contribution in [1.29, 1.82) is 0 Å². The number of rotatable bonds is 4. The van der Waals surface area contributed by atoms with Gasteiger partial charge in [0, 0.05) is 11.1 Å². The van der Waals surface area contributed by atoms with Gasteiger partial charge in [0.05, 0.1) is 6.54 Å². The van der Waals surface area contributed by atoms with Crippen LogP contribution in [0, 0.1) is 20.8 Å². The van der Waals surface area contributed by atoms with Gasteiger partial charge in [0.25, 0.3) is 0 Å². The number of carbonyl (C=O) groups is 1. The minimum Gasteiger partial charge on any atom is -0.360 e. The Labute approximate surface area is 159 Å². The number of nitrogens with one attached hydrogen (secondary N) is 2. The minimum absolute atomic E-state index is 0.119. The van der Waals surface area contributed by atoms with Gasteiger partial charge in [-0.05, 0) is 44.0 Å². The van der Waals surface area contributed by atoms with E-state index in [0.29, 0.717) is 11.5 Å². The molecule has 0 atom stereocenters. The number of anilines is 2. The van der Waals surface area contributed by atoms with Crippen LogP contribution in [0.2, 0.25) is 0 Å². The molecule has 2 aromatic heterocycles. The zero-order valence-corrected chi connectivity index (χ0v) is 16.7. The summed E-state index contributed by atoms with van der Waals surface area (Å²) in [7, 11) is 0. The molecule has 0 radical (unpaired) electrons. The van der Waals surface area contributed by atoms with Gasteiger partial charge in [0.1, 0.15) is 5.82 Å². The zero-order valence-electron chi connectivity index (χ0n) is 16.7. The molecule has 27 heavy (non-hydrogen) atoms. The summed E-state index contributed by atoms with van der Waals surface area (Å²) in [4.78, 5) is 12.4. The number of carbonyl (C=O) groups excluding carboxylic acids is 1. The molecule has 0 spiro atoms. The van der Waals surface area contributed by atoms with E-state index < -0.39 is 0 Å². The van der Waals surface area contributed by atoms with Crippen molar-refractivity contribution in [2.75, 3.05) is 17.2 Å². The van der Waals surface area contributed by atoms with Gasteiger partial charge in [-0.3, -0.25) is 4.79 Å². The van der Waals surface area contributed by atoms with Crippen LogP contribution in [0.4, 0.5) is 11.5 Å². The summed E-state index contributed by atoms with van der Waals surface area (Å²) in [5.41, 5.74) is 4.66. The molecular weight excluding hydrogens is 340 g/mol. The van der Waals surface area contributed by atoms with E-state index in [4.69, 9.17) is 0 Å². The van der Waals surface area contributed by atoms with E-state index in [1.54, 1.807) is 10.6 Å². The fourth-order valence-electron chi connectivity index (χ4n) is 3.08. The summed E-state index contributed by atoms with van der Waals surface area (Å²) >= 11 is 0. The predicted molar refractivity (Wildman–Crippen MR) is 107 cm³/mol. The van der Waals surface area contributed by atoms with Crippen molar-refractivity contribution in [1.82, 2.24) is 19.8 Å². The second-order valence-electron chi connectivity index (χ2n) is 7.94. The van der Waals surface area contributed by atoms with E-state index in [9.17, 15) is 4.79 Å². The Balaban J connectivity index is 1.72. The average Bonchev–Trinajstić information content (AvgIpc) is 2.99. The average molecular weight is 366 g/mol. The second kappa shape index (κ2) is 6.98. The first-order chi connectivity index (χ1) is 12.6. The summed E-state index contributed by atoms with van der Waals surface area (Å²) in [5.74, 6) is 1.25. The Kier molecular flexibility index (Phi) is 4.87. The van der Waals surface area contributed by atoms with Crippen molar-refractivity contribution < 1.29 is 4.79 Å². The molecule has 2 N–H and O–H groups in total. The molecule has 0 aliphatic carbocycles. The Hall–Kier alpha value is -2.96. The lowest BCUT2D eigenvalue weighted by atomic mass is 9.96. The lowest BCUT2D eigenvalue weighted by molar-refractivity contribution is -0.114. The standard InChI is InChI=1S/C20H26N6O/c1-12-9-13(2)18(14(3)10-12)22-17(27)11-21-15-7-8-16-23-24-19(20(4,5)6)26(16)25-15/h7-10H,11H2,1-6H3,(H,21,25)(H,22,27). The lowest BCUT2D eigenvalue weighted by Gasteiger charge is -2.15. The number of nitrogens with zero attached hydrogens (tertiary/aromatic N) is 4. The molecule has 0 unspecified atom stereocenters. The molecule has 7 nitrogen and oxygen atoms in total. The van der Waals surface area contributed by atoms with Crippen LogP contribution in [0.5, 0.6) is 0 Å². The van der Waals surface area contributed by atoms with Gasteiger partial charge in [0.2, 0.25) is 5.91 Å². The molecular formula is C20H26N6O. The number of hydrogen-bond donors (Lipinski definition) is 2. The fourth-order valence-corrected chi connectivity index (χ4v) is 3.08. The highest BCUT2D eigenvalue weighted by molar-refractivity contribution is 5.95. The molecule has 0 aliphatic heterocycles. The minimum atomic E-state index is -0.178. The number of benzene rings is 1. The number of aromatic nitrogens is 4.